The first-order valence-corrected chi connectivity index (χ1v) is 9.82. The second-order valence-electron chi connectivity index (χ2n) is 7.35. The maximum absolute atomic E-state index is 13.0. The fourth-order valence-electron chi connectivity index (χ4n) is 3.72. The van der Waals surface area contributed by atoms with Crippen LogP contribution < -0.4 is 16.0 Å². The number of anilines is 3. The SMILES string of the molecule is Nc1nccc2c(NCc3cnc(N4CCn5c(nnc5C(F)(F)F)C4)nc3)cccc12. The van der Waals surface area contributed by atoms with Gasteiger partial charge in [-0.2, -0.15) is 13.2 Å². The van der Waals surface area contributed by atoms with Crippen molar-refractivity contribution in [3.05, 3.63) is 60.1 Å². The van der Waals surface area contributed by atoms with Crippen LogP contribution in [0.25, 0.3) is 10.8 Å². The van der Waals surface area contributed by atoms with E-state index in [1.165, 1.54) is 0 Å². The lowest BCUT2D eigenvalue weighted by molar-refractivity contribution is -0.147. The van der Waals surface area contributed by atoms with E-state index in [2.05, 4.69) is 30.5 Å². The number of nitrogens with two attached hydrogens (primary N) is 1. The Balaban J connectivity index is 1.28. The van der Waals surface area contributed by atoms with Gasteiger partial charge in [0.15, 0.2) is 5.82 Å². The minimum atomic E-state index is -4.52. The van der Waals surface area contributed by atoms with E-state index in [0.29, 0.717) is 24.9 Å². The maximum Gasteiger partial charge on any atom is 0.451 e. The zero-order valence-electron chi connectivity index (χ0n) is 16.7. The lowest BCUT2D eigenvalue weighted by Gasteiger charge is -2.27. The molecule has 0 amide bonds. The van der Waals surface area contributed by atoms with Crippen molar-refractivity contribution in [1.82, 2.24) is 29.7 Å². The van der Waals surface area contributed by atoms with E-state index in [1.54, 1.807) is 23.5 Å². The average Bonchev–Trinajstić information content (AvgIpc) is 3.22. The van der Waals surface area contributed by atoms with Crippen LogP contribution in [0.2, 0.25) is 0 Å². The number of hydrogen-bond donors (Lipinski definition) is 2. The van der Waals surface area contributed by atoms with Crippen molar-refractivity contribution < 1.29 is 13.2 Å². The lowest BCUT2D eigenvalue weighted by atomic mass is 10.1. The van der Waals surface area contributed by atoms with E-state index in [1.807, 2.05) is 24.3 Å². The molecule has 9 nitrogen and oxygen atoms in total. The van der Waals surface area contributed by atoms with Gasteiger partial charge in [0.1, 0.15) is 5.82 Å². The Hall–Kier alpha value is -3.96. The molecule has 4 heterocycles. The summed E-state index contributed by atoms with van der Waals surface area (Å²) in [6.07, 6.45) is 0.524. The van der Waals surface area contributed by atoms with Crippen LogP contribution in [0.1, 0.15) is 17.2 Å². The normalized spacial score (nSPS) is 13.9. The highest BCUT2D eigenvalue weighted by Crippen LogP contribution is 2.30. The van der Waals surface area contributed by atoms with Gasteiger partial charge in [0.05, 0.1) is 6.54 Å². The van der Waals surface area contributed by atoms with Gasteiger partial charge in [-0.3, -0.25) is 0 Å². The first-order valence-electron chi connectivity index (χ1n) is 9.82. The Morgan fingerprint density at radius 1 is 1.00 bits per heavy atom. The molecule has 0 saturated carbocycles. The first kappa shape index (κ1) is 20.0. The second-order valence-corrected chi connectivity index (χ2v) is 7.35. The van der Waals surface area contributed by atoms with Gasteiger partial charge in [-0.15, -0.1) is 10.2 Å². The molecule has 0 bridgehead atoms. The Kier molecular flexibility index (Phi) is 4.76. The van der Waals surface area contributed by atoms with Crippen LogP contribution >= 0.6 is 0 Å². The molecule has 0 spiro atoms. The van der Waals surface area contributed by atoms with Crippen molar-refractivity contribution in [3.8, 4) is 0 Å². The fourth-order valence-corrected chi connectivity index (χ4v) is 3.72. The summed E-state index contributed by atoms with van der Waals surface area (Å²) in [6.45, 7) is 1.09. The molecule has 164 valence electrons. The molecule has 0 unspecified atom stereocenters. The molecule has 3 aromatic heterocycles. The van der Waals surface area contributed by atoms with Crippen molar-refractivity contribution in [2.75, 3.05) is 22.5 Å². The molecule has 3 N–H and O–H groups in total. The third kappa shape index (κ3) is 3.63. The van der Waals surface area contributed by atoms with Gasteiger partial charge in [-0.1, -0.05) is 12.1 Å². The number of nitrogen functional groups attached to an aromatic ring is 1. The zero-order chi connectivity index (χ0) is 22.3. The fraction of sp³-hybridized carbons (Fsp3) is 0.250. The summed E-state index contributed by atoms with van der Waals surface area (Å²) in [5.41, 5.74) is 7.71. The number of nitrogens with zero attached hydrogens (tertiary/aromatic N) is 7. The smallest absolute Gasteiger partial charge is 0.383 e. The number of nitrogens with one attached hydrogen (secondary N) is 1. The van der Waals surface area contributed by atoms with E-state index in [4.69, 9.17) is 5.73 Å². The molecular formula is C20H18F3N9. The molecule has 1 aliphatic rings. The number of aromatic nitrogens is 6. The number of halogens is 3. The van der Waals surface area contributed by atoms with Crippen LogP contribution in [-0.4, -0.2) is 36.3 Å². The van der Waals surface area contributed by atoms with Crippen molar-refractivity contribution in [2.24, 2.45) is 0 Å². The van der Waals surface area contributed by atoms with Crippen LogP contribution in [0.4, 0.5) is 30.6 Å². The monoisotopic (exact) mass is 441 g/mol. The molecule has 4 aromatic rings. The van der Waals surface area contributed by atoms with Gasteiger partial charge in [-0.05, 0) is 12.1 Å². The van der Waals surface area contributed by atoms with Crippen molar-refractivity contribution >= 4 is 28.2 Å². The number of pyridine rings is 1. The number of fused-ring (bicyclic) bond motifs is 2. The average molecular weight is 441 g/mol. The van der Waals surface area contributed by atoms with Crippen molar-refractivity contribution in [3.63, 3.8) is 0 Å². The Morgan fingerprint density at radius 3 is 2.59 bits per heavy atom. The molecule has 12 heteroatoms. The molecule has 0 atom stereocenters. The lowest BCUT2D eigenvalue weighted by Crippen LogP contribution is -2.36. The van der Waals surface area contributed by atoms with Crippen LogP contribution in [-0.2, 0) is 25.8 Å². The van der Waals surface area contributed by atoms with Crippen LogP contribution in [0.15, 0.2) is 42.9 Å². The van der Waals surface area contributed by atoms with Gasteiger partial charge in [-0.25, -0.2) is 15.0 Å². The Labute approximate surface area is 180 Å². The summed E-state index contributed by atoms with van der Waals surface area (Å²) in [5, 5.41) is 12.2. The van der Waals surface area contributed by atoms with Gasteiger partial charge in [0.2, 0.25) is 11.8 Å². The second kappa shape index (κ2) is 7.62. The summed E-state index contributed by atoms with van der Waals surface area (Å²) < 4.78 is 40.1. The highest BCUT2D eigenvalue weighted by Gasteiger charge is 2.39. The highest BCUT2D eigenvalue weighted by molar-refractivity contribution is 5.99. The number of benzene rings is 1. The summed E-state index contributed by atoms with van der Waals surface area (Å²) in [7, 11) is 0. The van der Waals surface area contributed by atoms with Gasteiger partial charge < -0.3 is 20.5 Å². The highest BCUT2D eigenvalue weighted by atomic mass is 19.4. The standard InChI is InChI=1S/C20H18F3N9/c21-20(22,23)18-30-29-16-11-31(6-7-32(16)18)19-27-9-12(10-28-19)8-26-15-3-1-2-14-13(15)4-5-25-17(14)24/h1-5,9-10,26H,6-8,11H2,(H2,24,25). The van der Waals surface area contributed by atoms with Crippen LogP contribution in [0.3, 0.4) is 0 Å². The van der Waals surface area contributed by atoms with Crippen molar-refractivity contribution in [2.45, 2.75) is 25.8 Å². The first-order chi connectivity index (χ1) is 15.4. The van der Waals surface area contributed by atoms with E-state index in [-0.39, 0.29) is 18.9 Å². The molecule has 0 fully saturated rings. The van der Waals surface area contributed by atoms with Gasteiger partial charge in [0.25, 0.3) is 0 Å². The molecule has 1 aliphatic heterocycles. The van der Waals surface area contributed by atoms with E-state index < -0.39 is 12.0 Å². The maximum atomic E-state index is 13.0. The quantitative estimate of drug-likeness (QED) is 0.498. The predicted molar refractivity (Wildman–Crippen MR) is 112 cm³/mol. The van der Waals surface area contributed by atoms with E-state index >= 15 is 0 Å². The molecule has 0 saturated heterocycles. The number of hydrogen-bond acceptors (Lipinski definition) is 8. The largest absolute Gasteiger partial charge is 0.451 e. The summed E-state index contributed by atoms with van der Waals surface area (Å²) in [6, 6.07) is 7.67. The summed E-state index contributed by atoms with van der Waals surface area (Å²) >= 11 is 0. The van der Waals surface area contributed by atoms with Crippen LogP contribution in [0, 0.1) is 0 Å². The third-order valence-electron chi connectivity index (χ3n) is 5.30. The number of alkyl halides is 3. The van der Waals surface area contributed by atoms with Gasteiger partial charge >= 0.3 is 6.18 Å². The van der Waals surface area contributed by atoms with Crippen LogP contribution in [0.5, 0.6) is 0 Å². The van der Waals surface area contributed by atoms with Gasteiger partial charge in [0, 0.05) is 60.2 Å². The predicted octanol–water partition coefficient (Wildman–Crippen LogP) is 2.85. The molecule has 5 rings (SSSR count). The number of rotatable bonds is 4. The molecule has 0 aliphatic carbocycles. The molecule has 0 radical (unpaired) electrons. The molecule has 1 aromatic carbocycles. The third-order valence-corrected chi connectivity index (χ3v) is 5.30. The van der Waals surface area contributed by atoms with Crippen molar-refractivity contribution in [1.29, 1.82) is 0 Å². The van der Waals surface area contributed by atoms with E-state index in [0.717, 1.165) is 26.6 Å². The Bertz CT molecular complexity index is 1270. The van der Waals surface area contributed by atoms with E-state index in [9.17, 15) is 13.2 Å². The summed E-state index contributed by atoms with van der Waals surface area (Å²) in [4.78, 5) is 14.7. The summed E-state index contributed by atoms with van der Waals surface area (Å²) in [5.74, 6) is 0.169. The molecular weight excluding hydrogens is 423 g/mol. The zero-order valence-corrected chi connectivity index (χ0v) is 16.7. The molecule has 32 heavy (non-hydrogen) atoms. The minimum Gasteiger partial charge on any atom is -0.383 e. The Morgan fingerprint density at radius 2 is 1.81 bits per heavy atom. The topological polar surface area (TPSA) is 111 Å². The minimum absolute atomic E-state index is 0.114.